The molecule has 0 aliphatic carbocycles. The van der Waals surface area contributed by atoms with Crippen molar-refractivity contribution in [2.45, 2.75) is 25.8 Å². The number of aromatic nitrogens is 2. The summed E-state index contributed by atoms with van der Waals surface area (Å²) >= 11 is 0. The standard InChI is InChI=1S/C23H26N4O2/c1-16-5-3-6-18(13-16)23(28)24-19-7-4-12-27(15-19)22-14-21(25-26-22)17-8-10-20(29-2)11-9-17/h3,5-6,8-11,13-14,19H,4,7,12,15H2,1-2H3,(H,24,28)(H,25,26). The van der Waals surface area contributed by atoms with Crippen molar-refractivity contribution in [2.24, 2.45) is 0 Å². The van der Waals surface area contributed by atoms with E-state index in [0.29, 0.717) is 5.56 Å². The van der Waals surface area contributed by atoms with Crippen LogP contribution in [-0.2, 0) is 0 Å². The maximum absolute atomic E-state index is 12.6. The van der Waals surface area contributed by atoms with Crippen molar-refractivity contribution in [1.82, 2.24) is 15.5 Å². The molecule has 2 heterocycles. The van der Waals surface area contributed by atoms with Crippen LogP contribution in [0.4, 0.5) is 5.82 Å². The van der Waals surface area contributed by atoms with Gasteiger partial charge in [-0.3, -0.25) is 9.89 Å². The van der Waals surface area contributed by atoms with Gasteiger partial charge in [-0.05, 0) is 61.7 Å². The third-order valence-electron chi connectivity index (χ3n) is 5.33. The lowest BCUT2D eigenvalue weighted by Gasteiger charge is -2.33. The number of amides is 1. The van der Waals surface area contributed by atoms with Crippen molar-refractivity contribution in [3.05, 3.63) is 65.7 Å². The van der Waals surface area contributed by atoms with E-state index in [2.05, 4.69) is 26.5 Å². The fraction of sp³-hybridized carbons (Fsp3) is 0.304. The maximum atomic E-state index is 12.6. The van der Waals surface area contributed by atoms with E-state index in [0.717, 1.165) is 54.3 Å². The van der Waals surface area contributed by atoms with Gasteiger partial charge in [0.1, 0.15) is 5.75 Å². The number of nitrogens with one attached hydrogen (secondary N) is 2. The van der Waals surface area contributed by atoms with Crippen LogP contribution in [-0.4, -0.2) is 42.3 Å². The number of rotatable bonds is 5. The Labute approximate surface area is 170 Å². The van der Waals surface area contributed by atoms with E-state index >= 15 is 0 Å². The number of hydrogen-bond acceptors (Lipinski definition) is 4. The lowest BCUT2D eigenvalue weighted by Crippen LogP contribution is -2.48. The van der Waals surface area contributed by atoms with E-state index in [1.54, 1.807) is 7.11 Å². The molecule has 0 saturated carbocycles. The molecule has 1 amide bonds. The van der Waals surface area contributed by atoms with Gasteiger partial charge < -0.3 is 15.0 Å². The molecule has 6 nitrogen and oxygen atoms in total. The molecule has 0 spiro atoms. The topological polar surface area (TPSA) is 70.2 Å². The highest BCUT2D eigenvalue weighted by atomic mass is 16.5. The Balaban J connectivity index is 1.42. The van der Waals surface area contributed by atoms with Crippen LogP contribution < -0.4 is 15.0 Å². The van der Waals surface area contributed by atoms with Crippen molar-refractivity contribution in [1.29, 1.82) is 0 Å². The molecule has 1 aliphatic rings. The zero-order valence-electron chi connectivity index (χ0n) is 16.8. The van der Waals surface area contributed by atoms with Crippen LogP contribution >= 0.6 is 0 Å². The van der Waals surface area contributed by atoms with Gasteiger partial charge in [-0.15, -0.1) is 0 Å². The van der Waals surface area contributed by atoms with Crippen LogP contribution in [0.1, 0.15) is 28.8 Å². The Kier molecular flexibility index (Phi) is 5.51. The number of methoxy groups -OCH3 is 1. The molecule has 6 heteroatoms. The van der Waals surface area contributed by atoms with E-state index in [1.165, 1.54) is 0 Å². The average Bonchev–Trinajstić information content (AvgIpc) is 3.24. The summed E-state index contributed by atoms with van der Waals surface area (Å²) in [5, 5.41) is 10.8. The Hall–Kier alpha value is -3.28. The fourth-order valence-electron chi connectivity index (χ4n) is 3.75. The molecule has 2 N–H and O–H groups in total. The molecule has 4 rings (SSSR count). The number of aromatic amines is 1. The molecular formula is C23H26N4O2. The Bertz CT molecular complexity index is 981. The summed E-state index contributed by atoms with van der Waals surface area (Å²) in [4.78, 5) is 14.8. The number of hydrogen-bond donors (Lipinski definition) is 2. The van der Waals surface area contributed by atoms with Crippen LogP contribution in [0.2, 0.25) is 0 Å². The minimum absolute atomic E-state index is 0.0125. The highest BCUT2D eigenvalue weighted by Crippen LogP contribution is 2.25. The molecule has 3 aromatic rings. The van der Waals surface area contributed by atoms with Crippen LogP contribution in [0.3, 0.4) is 0 Å². The molecule has 0 radical (unpaired) electrons. The van der Waals surface area contributed by atoms with Gasteiger partial charge in [0.2, 0.25) is 0 Å². The molecule has 29 heavy (non-hydrogen) atoms. The molecule has 2 aromatic carbocycles. The van der Waals surface area contributed by atoms with Gasteiger partial charge in [-0.1, -0.05) is 17.7 Å². The van der Waals surface area contributed by atoms with Gasteiger partial charge in [0.05, 0.1) is 12.8 Å². The van der Waals surface area contributed by atoms with Crippen molar-refractivity contribution in [3.8, 4) is 17.0 Å². The Morgan fingerprint density at radius 1 is 1.21 bits per heavy atom. The number of aryl methyl sites for hydroxylation is 1. The SMILES string of the molecule is COc1ccc(-c2cc(N3CCCC(NC(=O)c4cccc(C)c4)C3)n[nH]2)cc1. The number of carbonyl (C=O) groups excluding carboxylic acids is 1. The first-order valence-corrected chi connectivity index (χ1v) is 9.95. The van der Waals surface area contributed by atoms with Crippen molar-refractivity contribution in [2.75, 3.05) is 25.1 Å². The highest BCUT2D eigenvalue weighted by molar-refractivity contribution is 5.94. The second-order valence-electron chi connectivity index (χ2n) is 7.50. The summed E-state index contributed by atoms with van der Waals surface area (Å²) < 4.78 is 5.22. The zero-order valence-corrected chi connectivity index (χ0v) is 16.8. The summed E-state index contributed by atoms with van der Waals surface area (Å²) in [5.41, 5.74) is 3.83. The minimum atomic E-state index is -0.0125. The predicted molar refractivity (Wildman–Crippen MR) is 114 cm³/mol. The monoisotopic (exact) mass is 390 g/mol. The molecular weight excluding hydrogens is 364 g/mol. The average molecular weight is 390 g/mol. The quantitative estimate of drug-likeness (QED) is 0.695. The number of ether oxygens (including phenoxy) is 1. The van der Waals surface area contributed by atoms with Crippen LogP contribution in [0, 0.1) is 6.92 Å². The second kappa shape index (κ2) is 8.39. The summed E-state index contributed by atoms with van der Waals surface area (Å²) in [6.07, 6.45) is 1.99. The molecule has 1 saturated heterocycles. The van der Waals surface area contributed by atoms with Crippen molar-refractivity contribution in [3.63, 3.8) is 0 Å². The molecule has 1 unspecified atom stereocenters. The molecule has 1 aromatic heterocycles. The predicted octanol–water partition coefficient (Wildman–Crippen LogP) is 3.79. The Morgan fingerprint density at radius 3 is 2.79 bits per heavy atom. The molecule has 150 valence electrons. The van der Waals surface area contributed by atoms with E-state index in [1.807, 2.05) is 55.5 Å². The lowest BCUT2D eigenvalue weighted by molar-refractivity contribution is 0.0933. The van der Waals surface area contributed by atoms with E-state index in [9.17, 15) is 4.79 Å². The van der Waals surface area contributed by atoms with Crippen LogP contribution in [0.5, 0.6) is 5.75 Å². The minimum Gasteiger partial charge on any atom is -0.497 e. The Morgan fingerprint density at radius 2 is 2.03 bits per heavy atom. The van der Waals surface area contributed by atoms with Crippen LogP contribution in [0.15, 0.2) is 54.6 Å². The summed E-state index contributed by atoms with van der Waals surface area (Å²) in [6.45, 7) is 3.69. The number of benzene rings is 2. The van der Waals surface area contributed by atoms with Gasteiger partial charge in [-0.25, -0.2) is 0 Å². The van der Waals surface area contributed by atoms with E-state index in [-0.39, 0.29) is 11.9 Å². The third kappa shape index (κ3) is 4.42. The molecule has 1 atom stereocenters. The summed E-state index contributed by atoms with van der Waals surface area (Å²) in [6, 6.07) is 17.8. The van der Waals surface area contributed by atoms with Crippen molar-refractivity contribution >= 4 is 11.7 Å². The number of nitrogens with zero attached hydrogens (tertiary/aromatic N) is 2. The number of anilines is 1. The first-order chi connectivity index (χ1) is 14.1. The third-order valence-corrected chi connectivity index (χ3v) is 5.33. The first kappa shape index (κ1) is 19.1. The van der Waals surface area contributed by atoms with E-state index < -0.39 is 0 Å². The van der Waals surface area contributed by atoms with Gasteiger partial charge in [0.15, 0.2) is 5.82 Å². The molecule has 1 aliphatic heterocycles. The largest absolute Gasteiger partial charge is 0.497 e. The zero-order chi connectivity index (χ0) is 20.2. The summed E-state index contributed by atoms with van der Waals surface area (Å²) in [5.74, 6) is 1.73. The van der Waals surface area contributed by atoms with Crippen LogP contribution in [0.25, 0.3) is 11.3 Å². The smallest absolute Gasteiger partial charge is 0.251 e. The fourth-order valence-corrected chi connectivity index (χ4v) is 3.75. The number of H-pyrrole nitrogens is 1. The number of carbonyl (C=O) groups is 1. The highest BCUT2D eigenvalue weighted by Gasteiger charge is 2.23. The molecule has 0 bridgehead atoms. The molecule has 1 fully saturated rings. The van der Waals surface area contributed by atoms with Gasteiger partial charge in [0, 0.05) is 30.8 Å². The second-order valence-corrected chi connectivity index (χ2v) is 7.50. The van der Waals surface area contributed by atoms with E-state index in [4.69, 9.17) is 4.74 Å². The summed E-state index contributed by atoms with van der Waals surface area (Å²) in [7, 11) is 1.66. The normalized spacial score (nSPS) is 16.5. The lowest BCUT2D eigenvalue weighted by atomic mass is 10.0. The van der Waals surface area contributed by atoms with Crippen molar-refractivity contribution < 1.29 is 9.53 Å². The van der Waals surface area contributed by atoms with Gasteiger partial charge >= 0.3 is 0 Å². The number of piperidine rings is 1. The van der Waals surface area contributed by atoms with Gasteiger partial charge in [0.25, 0.3) is 5.91 Å². The maximum Gasteiger partial charge on any atom is 0.251 e. The van der Waals surface area contributed by atoms with Gasteiger partial charge in [-0.2, -0.15) is 5.10 Å². The first-order valence-electron chi connectivity index (χ1n) is 9.95.